The fraction of sp³-hybridized carbons (Fsp3) is 0.217. The molecule has 31 heavy (non-hydrogen) atoms. The van der Waals surface area contributed by atoms with Crippen molar-refractivity contribution < 1.29 is 4.74 Å². The SMILES string of the molecule is Cn1c(N2CCOC(c3ccccc3-n3cccn3)C2)nc(-c2ccncc2)cc1=O. The number of pyridine rings is 1. The molecule has 0 saturated carbocycles. The van der Waals surface area contributed by atoms with E-state index in [9.17, 15) is 4.79 Å². The van der Waals surface area contributed by atoms with Crippen molar-refractivity contribution in [3.05, 3.63) is 89.2 Å². The van der Waals surface area contributed by atoms with Crippen LogP contribution in [0.1, 0.15) is 11.7 Å². The van der Waals surface area contributed by atoms with E-state index in [2.05, 4.69) is 21.0 Å². The van der Waals surface area contributed by atoms with Crippen molar-refractivity contribution in [2.75, 3.05) is 24.6 Å². The van der Waals surface area contributed by atoms with Crippen molar-refractivity contribution in [2.24, 2.45) is 7.05 Å². The smallest absolute Gasteiger partial charge is 0.255 e. The third-order valence-corrected chi connectivity index (χ3v) is 5.47. The molecule has 1 fully saturated rings. The van der Waals surface area contributed by atoms with Gasteiger partial charge in [-0.2, -0.15) is 5.10 Å². The Kier molecular flexibility index (Phi) is 5.05. The summed E-state index contributed by atoms with van der Waals surface area (Å²) in [5.74, 6) is 0.629. The second-order valence-electron chi connectivity index (χ2n) is 7.39. The summed E-state index contributed by atoms with van der Waals surface area (Å²) in [5.41, 5.74) is 3.43. The van der Waals surface area contributed by atoms with Crippen LogP contribution in [0, 0.1) is 0 Å². The Balaban J connectivity index is 1.50. The summed E-state index contributed by atoms with van der Waals surface area (Å²) in [7, 11) is 1.75. The Morgan fingerprint density at radius 3 is 2.71 bits per heavy atom. The molecule has 5 rings (SSSR count). The third kappa shape index (κ3) is 3.73. The van der Waals surface area contributed by atoms with Gasteiger partial charge in [-0.25, -0.2) is 9.67 Å². The standard InChI is InChI=1S/C23H22N6O2/c1-27-22(30)15-19(17-7-10-24-11-8-17)26-23(27)28-13-14-31-21(16-28)18-5-2-3-6-20(18)29-12-4-9-25-29/h2-12,15,21H,13-14,16H2,1H3. The van der Waals surface area contributed by atoms with E-state index in [1.54, 1.807) is 36.3 Å². The molecule has 1 aliphatic rings. The minimum absolute atomic E-state index is 0.100. The van der Waals surface area contributed by atoms with Crippen LogP contribution in [0.25, 0.3) is 16.9 Å². The first-order valence-electron chi connectivity index (χ1n) is 10.1. The largest absolute Gasteiger partial charge is 0.370 e. The van der Waals surface area contributed by atoms with E-state index in [1.807, 2.05) is 47.3 Å². The Bertz CT molecular complexity index is 1240. The van der Waals surface area contributed by atoms with Crippen molar-refractivity contribution in [1.29, 1.82) is 0 Å². The summed E-state index contributed by atoms with van der Waals surface area (Å²) >= 11 is 0. The Hall–Kier alpha value is -3.78. The molecule has 8 heteroatoms. The van der Waals surface area contributed by atoms with Crippen molar-refractivity contribution in [2.45, 2.75) is 6.10 Å². The van der Waals surface area contributed by atoms with Crippen LogP contribution in [-0.2, 0) is 11.8 Å². The third-order valence-electron chi connectivity index (χ3n) is 5.47. The van der Waals surface area contributed by atoms with E-state index in [0.717, 1.165) is 16.8 Å². The molecule has 0 N–H and O–H groups in total. The zero-order valence-electron chi connectivity index (χ0n) is 17.1. The maximum atomic E-state index is 12.7. The molecule has 0 spiro atoms. The number of morpholine rings is 1. The van der Waals surface area contributed by atoms with Gasteiger partial charge in [-0.15, -0.1) is 0 Å². The maximum absolute atomic E-state index is 12.7. The van der Waals surface area contributed by atoms with Crippen LogP contribution in [0.3, 0.4) is 0 Å². The predicted molar refractivity (Wildman–Crippen MR) is 117 cm³/mol. The van der Waals surface area contributed by atoms with Crippen LogP contribution in [0.2, 0.25) is 0 Å². The molecule has 0 amide bonds. The van der Waals surface area contributed by atoms with Crippen LogP contribution in [0.15, 0.2) is 78.1 Å². The summed E-state index contributed by atoms with van der Waals surface area (Å²) in [6.45, 7) is 1.77. The number of para-hydroxylation sites is 1. The van der Waals surface area contributed by atoms with Crippen molar-refractivity contribution in [1.82, 2.24) is 24.3 Å². The molecule has 0 aliphatic carbocycles. The quantitative estimate of drug-likeness (QED) is 0.511. The number of anilines is 1. The summed E-state index contributed by atoms with van der Waals surface area (Å²) in [6.07, 6.45) is 6.91. The summed E-state index contributed by atoms with van der Waals surface area (Å²) < 4.78 is 9.57. The monoisotopic (exact) mass is 414 g/mol. The number of rotatable bonds is 4. The summed E-state index contributed by atoms with van der Waals surface area (Å²) in [4.78, 5) is 23.7. The van der Waals surface area contributed by atoms with Gasteiger partial charge in [-0.3, -0.25) is 14.3 Å². The average molecular weight is 414 g/mol. The lowest BCUT2D eigenvalue weighted by molar-refractivity contribution is 0.0389. The Labute approximate surface area is 179 Å². The average Bonchev–Trinajstić information content (AvgIpc) is 3.36. The van der Waals surface area contributed by atoms with E-state index in [1.165, 1.54) is 0 Å². The van der Waals surface area contributed by atoms with Crippen LogP contribution in [0.5, 0.6) is 0 Å². The first-order chi connectivity index (χ1) is 15.2. The highest BCUT2D eigenvalue weighted by atomic mass is 16.5. The van der Waals surface area contributed by atoms with Gasteiger partial charge in [0, 0.05) is 55.6 Å². The zero-order valence-corrected chi connectivity index (χ0v) is 17.1. The fourth-order valence-electron chi connectivity index (χ4n) is 3.88. The number of hydrogen-bond donors (Lipinski definition) is 0. The highest BCUT2D eigenvalue weighted by Crippen LogP contribution is 2.29. The minimum atomic E-state index is -0.171. The first-order valence-corrected chi connectivity index (χ1v) is 10.1. The summed E-state index contributed by atoms with van der Waals surface area (Å²) in [5, 5.41) is 4.37. The molecular weight excluding hydrogens is 392 g/mol. The second kappa shape index (κ2) is 8.16. The van der Waals surface area contributed by atoms with E-state index in [0.29, 0.717) is 31.3 Å². The van der Waals surface area contributed by atoms with Crippen molar-refractivity contribution in [3.63, 3.8) is 0 Å². The predicted octanol–water partition coefficient (Wildman–Crippen LogP) is 2.61. The van der Waals surface area contributed by atoms with Gasteiger partial charge in [0.15, 0.2) is 0 Å². The zero-order chi connectivity index (χ0) is 21.2. The van der Waals surface area contributed by atoms with Gasteiger partial charge < -0.3 is 9.64 Å². The molecule has 1 aliphatic heterocycles. The number of nitrogens with zero attached hydrogens (tertiary/aromatic N) is 6. The normalized spacial score (nSPS) is 16.4. The second-order valence-corrected chi connectivity index (χ2v) is 7.39. The van der Waals surface area contributed by atoms with Crippen LogP contribution in [-0.4, -0.2) is 44.0 Å². The minimum Gasteiger partial charge on any atom is -0.370 e. The van der Waals surface area contributed by atoms with Crippen molar-refractivity contribution in [3.8, 4) is 16.9 Å². The lowest BCUT2D eigenvalue weighted by Crippen LogP contribution is -2.42. The highest BCUT2D eigenvalue weighted by molar-refractivity contribution is 5.59. The van der Waals surface area contributed by atoms with Crippen molar-refractivity contribution >= 4 is 5.95 Å². The van der Waals surface area contributed by atoms with E-state index in [4.69, 9.17) is 9.72 Å². The number of benzene rings is 1. The van der Waals surface area contributed by atoms with Crippen LogP contribution in [0.4, 0.5) is 5.95 Å². The molecule has 4 aromatic rings. The van der Waals surface area contributed by atoms with Gasteiger partial charge in [-0.05, 0) is 24.3 Å². The Morgan fingerprint density at radius 1 is 1.06 bits per heavy atom. The molecule has 156 valence electrons. The fourth-order valence-corrected chi connectivity index (χ4v) is 3.88. The van der Waals surface area contributed by atoms with E-state index >= 15 is 0 Å². The molecule has 1 saturated heterocycles. The van der Waals surface area contributed by atoms with Gasteiger partial charge >= 0.3 is 0 Å². The van der Waals surface area contributed by atoms with E-state index in [-0.39, 0.29) is 11.7 Å². The van der Waals surface area contributed by atoms with Crippen LogP contribution < -0.4 is 10.5 Å². The molecule has 8 nitrogen and oxygen atoms in total. The molecule has 1 atom stereocenters. The van der Waals surface area contributed by atoms with Gasteiger partial charge in [0.05, 0.1) is 24.5 Å². The summed E-state index contributed by atoms with van der Waals surface area (Å²) in [6, 6.07) is 15.3. The number of hydrogen-bond acceptors (Lipinski definition) is 6. The van der Waals surface area contributed by atoms with Gasteiger partial charge in [-0.1, -0.05) is 18.2 Å². The van der Waals surface area contributed by atoms with Gasteiger partial charge in [0.25, 0.3) is 5.56 Å². The highest BCUT2D eigenvalue weighted by Gasteiger charge is 2.27. The first kappa shape index (κ1) is 19.2. The maximum Gasteiger partial charge on any atom is 0.255 e. The molecule has 0 radical (unpaired) electrons. The Morgan fingerprint density at radius 2 is 1.90 bits per heavy atom. The van der Waals surface area contributed by atoms with Crippen LogP contribution >= 0.6 is 0 Å². The topological polar surface area (TPSA) is 78.1 Å². The molecule has 1 unspecified atom stereocenters. The lowest BCUT2D eigenvalue weighted by Gasteiger charge is -2.35. The number of ether oxygens (including phenoxy) is 1. The molecule has 0 bridgehead atoms. The lowest BCUT2D eigenvalue weighted by atomic mass is 10.1. The van der Waals surface area contributed by atoms with E-state index < -0.39 is 0 Å². The van der Waals surface area contributed by atoms with Gasteiger partial charge in [0.2, 0.25) is 5.95 Å². The number of aromatic nitrogens is 5. The molecule has 4 heterocycles. The van der Waals surface area contributed by atoms with Gasteiger partial charge in [0.1, 0.15) is 6.10 Å². The molecule has 3 aromatic heterocycles. The molecule has 1 aromatic carbocycles. The molecular formula is C23H22N6O2.